The molecule has 0 radical (unpaired) electrons. The summed E-state index contributed by atoms with van der Waals surface area (Å²) in [5.74, 6) is 1.63. The Hall–Kier alpha value is -1.10. The summed E-state index contributed by atoms with van der Waals surface area (Å²) in [6, 6.07) is 6.70. The lowest BCUT2D eigenvalue weighted by Gasteiger charge is -2.37. The highest BCUT2D eigenvalue weighted by Gasteiger charge is 2.25. The minimum Gasteiger partial charge on any atom is -0.496 e. The van der Waals surface area contributed by atoms with Gasteiger partial charge in [-0.3, -0.25) is 4.90 Å². The number of hydrogen-bond acceptors (Lipinski definition) is 4. The molecule has 4 nitrogen and oxygen atoms in total. The van der Waals surface area contributed by atoms with Gasteiger partial charge in [-0.1, -0.05) is 12.1 Å². The lowest BCUT2D eigenvalue weighted by molar-refractivity contribution is 0.0810. The van der Waals surface area contributed by atoms with Crippen LogP contribution in [0.15, 0.2) is 18.2 Å². The van der Waals surface area contributed by atoms with Crippen molar-refractivity contribution in [1.29, 1.82) is 0 Å². The first-order valence-corrected chi connectivity index (χ1v) is 7.77. The number of rotatable bonds is 6. The van der Waals surface area contributed by atoms with Crippen LogP contribution in [-0.2, 0) is 4.74 Å². The summed E-state index contributed by atoms with van der Waals surface area (Å²) in [6.07, 6.45) is 2.39. The molecule has 1 heterocycles. The highest BCUT2D eigenvalue weighted by molar-refractivity contribution is 5.37. The molecule has 21 heavy (non-hydrogen) atoms. The van der Waals surface area contributed by atoms with Crippen LogP contribution in [0.5, 0.6) is 5.75 Å². The highest BCUT2D eigenvalue weighted by Crippen LogP contribution is 2.29. The summed E-state index contributed by atoms with van der Waals surface area (Å²) in [6.45, 7) is 5.81. The molecule has 1 aliphatic rings. The summed E-state index contributed by atoms with van der Waals surface area (Å²) < 4.78 is 10.6. The Bertz CT molecular complexity index is 442. The van der Waals surface area contributed by atoms with Gasteiger partial charge in [0, 0.05) is 26.3 Å². The molecule has 118 valence electrons. The lowest BCUT2D eigenvalue weighted by atomic mass is 9.94. The fourth-order valence-corrected chi connectivity index (χ4v) is 3.27. The second kappa shape index (κ2) is 7.78. The molecule has 4 heteroatoms. The zero-order valence-corrected chi connectivity index (χ0v) is 13.5. The first-order chi connectivity index (χ1) is 10.2. The third kappa shape index (κ3) is 3.96. The van der Waals surface area contributed by atoms with Crippen LogP contribution in [0.2, 0.25) is 0 Å². The van der Waals surface area contributed by atoms with Crippen molar-refractivity contribution in [2.75, 3.05) is 40.5 Å². The minimum atomic E-state index is 0.304. The van der Waals surface area contributed by atoms with E-state index < -0.39 is 0 Å². The molecular formula is C17H28N2O2. The number of nitrogens with zero attached hydrogens (tertiary/aromatic N) is 1. The molecule has 2 rings (SSSR count). The Morgan fingerprint density at radius 2 is 2.00 bits per heavy atom. The summed E-state index contributed by atoms with van der Waals surface area (Å²) in [5.41, 5.74) is 8.51. The highest BCUT2D eigenvalue weighted by atomic mass is 16.5. The maximum Gasteiger partial charge on any atom is 0.121 e. The first kappa shape index (κ1) is 16.3. The van der Waals surface area contributed by atoms with Gasteiger partial charge in [0.1, 0.15) is 5.75 Å². The van der Waals surface area contributed by atoms with Gasteiger partial charge in [-0.2, -0.15) is 0 Å². The zero-order chi connectivity index (χ0) is 15.2. The van der Waals surface area contributed by atoms with Crippen molar-refractivity contribution in [3.8, 4) is 5.75 Å². The Labute approximate surface area is 128 Å². The van der Waals surface area contributed by atoms with Crippen LogP contribution in [0.4, 0.5) is 0 Å². The van der Waals surface area contributed by atoms with E-state index in [-0.39, 0.29) is 0 Å². The molecule has 0 spiro atoms. The number of likely N-dealkylation sites (tertiary alicyclic amines) is 1. The van der Waals surface area contributed by atoms with E-state index >= 15 is 0 Å². The Morgan fingerprint density at radius 3 is 2.52 bits per heavy atom. The number of ether oxygens (including phenoxy) is 2. The fourth-order valence-electron chi connectivity index (χ4n) is 3.27. The van der Waals surface area contributed by atoms with E-state index in [1.165, 1.54) is 24.0 Å². The maximum absolute atomic E-state index is 6.05. The van der Waals surface area contributed by atoms with Gasteiger partial charge in [0.15, 0.2) is 0 Å². The topological polar surface area (TPSA) is 47.7 Å². The third-order valence-corrected chi connectivity index (χ3v) is 4.52. The smallest absolute Gasteiger partial charge is 0.121 e. The van der Waals surface area contributed by atoms with Crippen LogP contribution in [0.25, 0.3) is 0 Å². The largest absolute Gasteiger partial charge is 0.496 e. The van der Waals surface area contributed by atoms with Crippen molar-refractivity contribution in [3.63, 3.8) is 0 Å². The standard InChI is InChI=1S/C17H28N2O2/c1-13-10-15(4-5-17(13)21-3)16(11-18)19-8-6-14(7-9-19)12-20-2/h4-5,10,14,16H,6-9,11-12,18H2,1-3H3. The molecule has 1 saturated heterocycles. The Morgan fingerprint density at radius 1 is 1.29 bits per heavy atom. The van der Waals surface area contributed by atoms with Crippen molar-refractivity contribution in [2.45, 2.75) is 25.8 Å². The van der Waals surface area contributed by atoms with E-state index in [0.717, 1.165) is 25.4 Å². The monoisotopic (exact) mass is 292 g/mol. The molecule has 1 aliphatic heterocycles. The summed E-state index contributed by atoms with van der Waals surface area (Å²) in [4.78, 5) is 2.51. The molecule has 1 aromatic rings. The second-order valence-electron chi connectivity index (χ2n) is 5.92. The van der Waals surface area contributed by atoms with Gasteiger partial charge in [0.2, 0.25) is 0 Å². The van der Waals surface area contributed by atoms with Gasteiger partial charge in [-0.05, 0) is 56.0 Å². The average Bonchev–Trinajstić information content (AvgIpc) is 2.50. The second-order valence-corrected chi connectivity index (χ2v) is 5.92. The van der Waals surface area contributed by atoms with Gasteiger partial charge in [0.25, 0.3) is 0 Å². The molecular weight excluding hydrogens is 264 g/mol. The number of nitrogens with two attached hydrogens (primary N) is 1. The number of hydrogen-bond donors (Lipinski definition) is 1. The quantitative estimate of drug-likeness (QED) is 0.874. The Kier molecular flexibility index (Phi) is 6.03. The van der Waals surface area contributed by atoms with E-state index in [1.807, 2.05) is 6.07 Å². The SMILES string of the molecule is COCC1CCN(C(CN)c2ccc(OC)c(C)c2)CC1. The molecule has 0 aliphatic carbocycles. The van der Waals surface area contributed by atoms with Crippen LogP contribution in [0, 0.1) is 12.8 Å². The van der Waals surface area contributed by atoms with E-state index in [0.29, 0.717) is 18.5 Å². The van der Waals surface area contributed by atoms with Crippen LogP contribution in [0.1, 0.15) is 30.0 Å². The van der Waals surface area contributed by atoms with Gasteiger partial charge in [0.05, 0.1) is 7.11 Å². The zero-order valence-electron chi connectivity index (χ0n) is 13.5. The summed E-state index contributed by atoms with van der Waals surface area (Å²) in [7, 11) is 3.50. The molecule has 1 atom stereocenters. The van der Waals surface area contributed by atoms with Crippen LogP contribution in [0.3, 0.4) is 0 Å². The van der Waals surface area contributed by atoms with Gasteiger partial charge < -0.3 is 15.2 Å². The Balaban J connectivity index is 2.05. The molecule has 1 unspecified atom stereocenters. The van der Waals surface area contributed by atoms with E-state index in [9.17, 15) is 0 Å². The van der Waals surface area contributed by atoms with Crippen LogP contribution in [-0.4, -0.2) is 45.4 Å². The molecule has 2 N–H and O–H groups in total. The molecule has 1 aromatic carbocycles. The lowest BCUT2D eigenvalue weighted by Crippen LogP contribution is -2.40. The van der Waals surface area contributed by atoms with E-state index in [2.05, 4.69) is 24.0 Å². The minimum absolute atomic E-state index is 0.304. The fraction of sp³-hybridized carbons (Fsp3) is 0.647. The average molecular weight is 292 g/mol. The molecule has 0 amide bonds. The third-order valence-electron chi connectivity index (χ3n) is 4.52. The van der Waals surface area contributed by atoms with E-state index in [4.69, 9.17) is 15.2 Å². The summed E-state index contributed by atoms with van der Waals surface area (Å²) >= 11 is 0. The predicted octanol–water partition coefficient (Wildman–Crippen LogP) is 2.36. The van der Waals surface area contributed by atoms with Crippen molar-refractivity contribution in [2.24, 2.45) is 11.7 Å². The van der Waals surface area contributed by atoms with Crippen molar-refractivity contribution >= 4 is 0 Å². The van der Waals surface area contributed by atoms with Gasteiger partial charge in [-0.25, -0.2) is 0 Å². The number of piperidine rings is 1. The van der Waals surface area contributed by atoms with Crippen molar-refractivity contribution < 1.29 is 9.47 Å². The first-order valence-electron chi connectivity index (χ1n) is 7.77. The molecule has 0 saturated carbocycles. The maximum atomic E-state index is 6.05. The molecule has 0 aromatic heterocycles. The van der Waals surface area contributed by atoms with Crippen molar-refractivity contribution in [1.82, 2.24) is 4.90 Å². The van der Waals surface area contributed by atoms with Gasteiger partial charge >= 0.3 is 0 Å². The molecule has 0 bridgehead atoms. The van der Waals surface area contributed by atoms with Crippen molar-refractivity contribution in [3.05, 3.63) is 29.3 Å². The van der Waals surface area contributed by atoms with Crippen LogP contribution >= 0.6 is 0 Å². The number of methoxy groups -OCH3 is 2. The summed E-state index contributed by atoms with van der Waals surface area (Å²) in [5, 5.41) is 0. The van der Waals surface area contributed by atoms with Crippen LogP contribution < -0.4 is 10.5 Å². The van der Waals surface area contributed by atoms with E-state index in [1.54, 1.807) is 14.2 Å². The van der Waals surface area contributed by atoms with Gasteiger partial charge in [-0.15, -0.1) is 0 Å². The number of aryl methyl sites for hydroxylation is 1. The normalized spacial score (nSPS) is 18.7. The number of benzene rings is 1. The molecule has 1 fully saturated rings. The predicted molar refractivity (Wildman–Crippen MR) is 85.7 cm³/mol.